The molecule has 1 aromatic carbocycles. The Morgan fingerprint density at radius 1 is 1.47 bits per heavy atom. The van der Waals surface area contributed by atoms with Gasteiger partial charge in [0.2, 0.25) is 9.05 Å². The SMILES string of the molecule is Cc1ccc(CS(=O)(=O)Cl)c([N+](=O)[O-])c1. The van der Waals surface area contributed by atoms with Crippen molar-refractivity contribution in [3.8, 4) is 0 Å². The van der Waals surface area contributed by atoms with Gasteiger partial charge in [0.05, 0.1) is 10.7 Å². The third-order valence-electron chi connectivity index (χ3n) is 1.77. The van der Waals surface area contributed by atoms with Crippen LogP contribution < -0.4 is 0 Å². The molecule has 0 bridgehead atoms. The summed E-state index contributed by atoms with van der Waals surface area (Å²) in [4.78, 5) is 10.0. The van der Waals surface area contributed by atoms with Crippen LogP contribution in [0.1, 0.15) is 11.1 Å². The zero-order valence-corrected chi connectivity index (χ0v) is 9.38. The Morgan fingerprint density at radius 3 is 2.53 bits per heavy atom. The molecule has 0 amide bonds. The van der Waals surface area contributed by atoms with Crippen LogP contribution in [0.15, 0.2) is 18.2 Å². The monoisotopic (exact) mass is 249 g/mol. The van der Waals surface area contributed by atoms with Crippen molar-refractivity contribution in [3.63, 3.8) is 0 Å². The summed E-state index contributed by atoms with van der Waals surface area (Å²) >= 11 is 0. The second-order valence-electron chi connectivity index (χ2n) is 3.07. The van der Waals surface area contributed by atoms with Crippen LogP contribution in [0.5, 0.6) is 0 Å². The fraction of sp³-hybridized carbons (Fsp3) is 0.250. The molecule has 0 atom stereocenters. The Labute approximate surface area is 91.2 Å². The van der Waals surface area contributed by atoms with E-state index in [0.29, 0.717) is 5.56 Å². The van der Waals surface area contributed by atoms with Crippen molar-refractivity contribution in [2.75, 3.05) is 0 Å². The minimum absolute atomic E-state index is 0.0978. The molecule has 0 unspecified atom stereocenters. The molecule has 0 saturated carbocycles. The molecule has 0 radical (unpaired) electrons. The van der Waals surface area contributed by atoms with E-state index in [1.54, 1.807) is 13.0 Å². The van der Waals surface area contributed by atoms with Gasteiger partial charge in [-0.05, 0) is 12.5 Å². The molecule has 7 heteroatoms. The summed E-state index contributed by atoms with van der Waals surface area (Å²) in [6.07, 6.45) is 0. The molecule has 0 aliphatic carbocycles. The Hall–Kier alpha value is -1.14. The van der Waals surface area contributed by atoms with E-state index in [4.69, 9.17) is 10.7 Å². The summed E-state index contributed by atoms with van der Waals surface area (Å²) in [5, 5.41) is 10.6. The average molecular weight is 250 g/mol. The third kappa shape index (κ3) is 3.49. The van der Waals surface area contributed by atoms with Gasteiger partial charge in [-0.3, -0.25) is 10.1 Å². The lowest BCUT2D eigenvalue weighted by Crippen LogP contribution is -2.00. The second-order valence-corrected chi connectivity index (χ2v) is 5.85. The zero-order chi connectivity index (χ0) is 11.6. The number of halogens is 1. The number of aryl methyl sites for hydroxylation is 1. The zero-order valence-electron chi connectivity index (χ0n) is 7.81. The highest BCUT2D eigenvalue weighted by Crippen LogP contribution is 2.23. The predicted octanol–water partition coefficient (Wildman–Crippen LogP) is 1.97. The predicted molar refractivity (Wildman–Crippen MR) is 56.3 cm³/mol. The van der Waals surface area contributed by atoms with Crippen molar-refractivity contribution in [2.24, 2.45) is 0 Å². The molecule has 0 heterocycles. The lowest BCUT2D eigenvalue weighted by Gasteiger charge is -2.01. The first-order valence-corrected chi connectivity index (χ1v) is 6.44. The van der Waals surface area contributed by atoms with E-state index in [2.05, 4.69) is 0 Å². The van der Waals surface area contributed by atoms with Gasteiger partial charge in [-0.2, -0.15) is 0 Å². The summed E-state index contributed by atoms with van der Waals surface area (Å²) in [5.74, 6) is -0.537. The molecule has 0 aromatic heterocycles. The number of nitro benzene ring substituents is 1. The van der Waals surface area contributed by atoms with Gasteiger partial charge >= 0.3 is 0 Å². The van der Waals surface area contributed by atoms with E-state index in [0.717, 1.165) is 0 Å². The van der Waals surface area contributed by atoms with Crippen molar-refractivity contribution in [1.82, 2.24) is 0 Å². The van der Waals surface area contributed by atoms with Gasteiger partial charge in [0, 0.05) is 22.3 Å². The molecule has 0 N–H and O–H groups in total. The van der Waals surface area contributed by atoms with Crippen LogP contribution in [0.2, 0.25) is 0 Å². The first kappa shape index (κ1) is 11.9. The van der Waals surface area contributed by atoms with Crippen LogP contribution in [0.25, 0.3) is 0 Å². The molecule has 0 spiro atoms. The quantitative estimate of drug-likeness (QED) is 0.466. The highest BCUT2D eigenvalue weighted by atomic mass is 35.7. The van der Waals surface area contributed by atoms with E-state index in [1.807, 2.05) is 0 Å². The number of nitro groups is 1. The third-order valence-corrected chi connectivity index (χ3v) is 2.75. The molecule has 0 saturated heterocycles. The first-order chi connectivity index (χ1) is 6.79. The van der Waals surface area contributed by atoms with E-state index in [9.17, 15) is 18.5 Å². The minimum Gasteiger partial charge on any atom is -0.258 e. The van der Waals surface area contributed by atoms with Crippen LogP contribution in [-0.4, -0.2) is 13.3 Å². The Kier molecular flexibility index (Phi) is 3.31. The van der Waals surface area contributed by atoms with Crippen LogP contribution in [0.3, 0.4) is 0 Å². The van der Waals surface area contributed by atoms with E-state index in [1.165, 1.54) is 12.1 Å². The summed E-state index contributed by atoms with van der Waals surface area (Å²) < 4.78 is 21.6. The van der Waals surface area contributed by atoms with Crippen LogP contribution in [-0.2, 0) is 14.8 Å². The Balaban J connectivity index is 3.24. The summed E-state index contributed by atoms with van der Waals surface area (Å²) in [6, 6.07) is 4.31. The van der Waals surface area contributed by atoms with Gasteiger partial charge in [-0.1, -0.05) is 12.1 Å². The maximum Gasteiger partial charge on any atom is 0.273 e. The summed E-state index contributed by atoms with van der Waals surface area (Å²) in [7, 11) is 1.26. The molecular weight excluding hydrogens is 242 g/mol. The van der Waals surface area contributed by atoms with Gasteiger partial charge in [-0.25, -0.2) is 8.42 Å². The standard InChI is InChI=1S/C8H8ClNO4S/c1-6-2-3-7(5-15(9,13)14)8(4-6)10(11)12/h2-4H,5H2,1H3. The highest BCUT2D eigenvalue weighted by Gasteiger charge is 2.18. The van der Waals surface area contributed by atoms with Crippen molar-refractivity contribution >= 4 is 25.4 Å². The number of hydrogen-bond acceptors (Lipinski definition) is 4. The molecular formula is C8H8ClNO4S. The van der Waals surface area contributed by atoms with E-state index >= 15 is 0 Å². The largest absolute Gasteiger partial charge is 0.273 e. The molecule has 0 aliphatic heterocycles. The van der Waals surface area contributed by atoms with Crippen molar-refractivity contribution in [3.05, 3.63) is 39.4 Å². The Morgan fingerprint density at radius 2 is 2.07 bits per heavy atom. The van der Waals surface area contributed by atoms with Gasteiger partial charge in [0.1, 0.15) is 0 Å². The number of hydrogen-bond donors (Lipinski definition) is 0. The van der Waals surface area contributed by atoms with E-state index in [-0.39, 0.29) is 11.3 Å². The van der Waals surface area contributed by atoms with Crippen LogP contribution in [0.4, 0.5) is 5.69 Å². The van der Waals surface area contributed by atoms with Crippen LogP contribution >= 0.6 is 10.7 Å². The first-order valence-electron chi connectivity index (χ1n) is 3.96. The van der Waals surface area contributed by atoms with Crippen molar-refractivity contribution in [2.45, 2.75) is 12.7 Å². The summed E-state index contributed by atoms with van der Waals surface area (Å²) in [5.41, 5.74) is 0.567. The number of benzene rings is 1. The van der Waals surface area contributed by atoms with E-state index < -0.39 is 19.7 Å². The molecule has 15 heavy (non-hydrogen) atoms. The summed E-state index contributed by atoms with van der Waals surface area (Å²) in [6.45, 7) is 1.69. The number of rotatable bonds is 3. The van der Waals surface area contributed by atoms with Crippen molar-refractivity contribution < 1.29 is 13.3 Å². The molecule has 82 valence electrons. The van der Waals surface area contributed by atoms with Gasteiger partial charge in [-0.15, -0.1) is 0 Å². The fourth-order valence-electron chi connectivity index (χ4n) is 1.15. The highest BCUT2D eigenvalue weighted by molar-refractivity contribution is 8.13. The van der Waals surface area contributed by atoms with Crippen LogP contribution in [0, 0.1) is 17.0 Å². The van der Waals surface area contributed by atoms with Gasteiger partial charge in [0.25, 0.3) is 5.69 Å². The molecule has 1 rings (SSSR count). The average Bonchev–Trinajstić information content (AvgIpc) is 2.05. The maximum atomic E-state index is 10.8. The second kappa shape index (κ2) is 4.16. The van der Waals surface area contributed by atoms with Gasteiger partial charge in [0.15, 0.2) is 0 Å². The lowest BCUT2D eigenvalue weighted by molar-refractivity contribution is -0.385. The number of nitrogens with zero attached hydrogens (tertiary/aromatic N) is 1. The lowest BCUT2D eigenvalue weighted by atomic mass is 10.1. The molecule has 5 nitrogen and oxygen atoms in total. The normalized spacial score (nSPS) is 11.3. The smallest absolute Gasteiger partial charge is 0.258 e. The molecule has 1 aromatic rings. The Bertz CT molecular complexity index is 497. The molecule has 0 fully saturated rings. The van der Waals surface area contributed by atoms with Gasteiger partial charge < -0.3 is 0 Å². The maximum absolute atomic E-state index is 10.8. The van der Waals surface area contributed by atoms with Crippen molar-refractivity contribution in [1.29, 1.82) is 0 Å². The molecule has 0 aliphatic rings. The fourth-order valence-corrected chi connectivity index (χ4v) is 2.12. The minimum atomic E-state index is -3.78. The topological polar surface area (TPSA) is 77.3 Å².